The molecule has 126 valence electrons. The maximum Gasteiger partial charge on any atom is 0.410 e. The maximum absolute atomic E-state index is 12.8. The number of likely N-dealkylation sites (tertiary alicyclic amines) is 1. The van der Waals surface area contributed by atoms with E-state index in [0.717, 1.165) is 12.8 Å². The van der Waals surface area contributed by atoms with Crippen molar-refractivity contribution in [2.45, 2.75) is 51.7 Å². The summed E-state index contributed by atoms with van der Waals surface area (Å²) in [6.07, 6.45) is 2.09. The molecule has 1 aromatic carbocycles. The van der Waals surface area contributed by atoms with Crippen LogP contribution in [0, 0.1) is 0 Å². The van der Waals surface area contributed by atoms with Crippen molar-refractivity contribution in [1.29, 1.82) is 0 Å². The molecule has 2 rings (SSSR count). The summed E-state index contributed by atoms with van der Waals surface area (Å²) < 4.78 is 10.6. The van der Waals surface area contributed by atoms with Crippen molar-refractivity contribution in [1.82, 2.24) is 4.90 Å². The molecule has 5 heteroatoms. The molecule has 5 nitrogen and oxygen atoms in total. The largest absolute Gasteiger partial charge is 0.497 e. The lowest BCUT2D eigenvalue weighted by Crippen LogP contribution is -2.49. The van der Waals surface area contributed by atoms with Gasteiger partial charge in [-0.25, -0.2) is 4.79 Å². The predicted molar refractivity (Wildman–Crippen MR) is 87.9 cm³/mol. The molecule has 0 spiro atoms. The SMILES string of the molecule is COc1ccc(C(=O)C2CCCCN2C(=O)OC(C)(C)C)cc1. The molecular formula is C18H25NO4. The van der Waals surface area contributed by atoms with E-state index in [0.29, 0.717) is 24.3 Å². The van der Waals surface area contributed by atoms with Crippen LogP contribution in [0.3, 0.4) is 0 Å². The lowest BCUT2D eigenvalue weighted by molar-refractivity contribution is 0.0105. The van der Waals surface area contributed by atoms with Gasteiger partial charge in [0.25, 0.3) is 0 Å². The molecule has 1 fully saturated rings. The second-order valence-electron chi connectivity index (χ2n) is 6.78. The van der Waals surface area contributed by atoms with Gasteiger partial charge in [0.15, 0.2) is 5.78 Å². The first-order valence-electron chi connectivity index (χ1n) is 8.00. The lowest BCUT2D eigenvalue weighted by atomic mass is 9.94. The molecule has 1 aromatic rings. The van der Waals surface area contributed by atoms with Crippen molar-refractivity contribution in [3.05, 3.63) is 29.8 Å². The Morgan fingerprint density at radius 3 is 2.35 bits per heavy atom. The van der Waals surface area contributed by atoms with Gasteiger partial charge < -0.3 is 9.47 Å². The van der Waals surface area contributed by atoms with Gasteiger partial charge in [-0.15, -0.1) is 0 Å². The molecule has 1 aliphatic rings. The average molecular weight is 319 g/mol. The van der Waals surface area contributed by atoms with Crippen LogP contribution in [0.1, 0.15) is 50.4 Å². The quantitative estimate of drug-likeness (QED) is 0.798. The molecular weight excluding hydrogens is 294 g/mol. The van der Waals surface area contributed by atoms with E-state index in [1.165, 1.54) is 0 Å². The number of Topliss-reactive ketones (excluding diaryl/α,β-unsaturated/α-hetero) is 1. The highest BCUT2D eigenvalue weighted by atomic mass is 16.6. The Morgan fingerprint density at radius 2 is 1.78 bits per heavy atom. The van der Waals surface area contributed by atoms with Crippen molar-refractivity contribution in [2.24, 2.45) is 0 Å². The first kappa shape index (κ1) is 17.3. The van der Waals surface area contributed by atoms with Gasteiger partial charge >= 0.3 is 6.09 Å². The van der Waals surface area contributed by atoms with Gasteiger partial charge in [0.1, 0.15) is 11.4 Å². The van der Waals surface area contributed by atoms with Crippen LogP contribution in [0.4, 0.5) is 4.79 Å². The average Bonchev–Trinajstić information content (AvgIpc) is 2.52. The molecule has 1 aliphatic heterocycles. The topological polar surface area (TPSA) is 55.8 Å². The molecule has 1 saturated heterocycles. The minimum Gasteiger partial charge on any atom is -0.497 e. The van der Waals surface area contributed by atoms with Gasteiger partial charge in [-0.05, 0) is 64.3 Å². The van der Waals surface area contributed by atoms with Crippen LogP contribution in [-0.4, -0.2) is 42.1 Å². The van der Waals surface area contributed by atoms with Crippen molar-refractivity contribution in [2.75, 3.05) is 13.7 Å². The summed E-state index contributed by atoms with van der Waals surface area (Å²) in [4.78, 5) is 26.8. The third-order valence-corrected chi connectivity index (χ3v) is 3.81. The van der Waals surface area contributed by atoms with E-state index >= 15 is 0 Å². The highest BCUT2D eigenvalue weighted by molar-refractivity contribution is 6.01. The number of methoxy groups -OCH3 is 1. The van der Waals surface area contributed by atoms with Crippen LogP contribution in [0.25, 0.3) is 0 Å². The second kappa shape index (κ2) is 7.02. The van der Waals surface area contributed by atoms with Gasteiger partial charge in [0.2, 0.25) is 0 Å². The van der Waals surface area contributed by atoms with Gasteiger partial charge in [0, 0.05) is 12.1 Å². The van der Waals surface area contributed by atoms with Crippen molar-refractivity contribution >= 4 is 11.9 Å². The van der Waals surface area contributed by atoms with Crippen LogP contribution in [-0.2, 0) is 4.74 Å². The first-order chi connectivity index (χ1) is 10.8. The molecule has 1 atom stereocenters. The number of amides is 1. The molecule has 1 heterocycles. The number of ketones is 1. The molecule has 0 aromatic heterocycles. The second-order valence-corrected chi connectivity index (χ2v) is 6.78. The zero-order valence-electron chi connectivity index (χ0n) is 14.3. The van der Waals surface area contributed by atoms with Crippen molar-refractivity contribution in [3.8, 4) is 5.75 Å². The Morgan fingerprint density at radius 1 is 1.13 bits per heavy atom. The number of carbonyl (C=O) groups excluding carboxylic acids is 2. The minimum atomic E-state index is -0.567. The Labute approximate surface area is 137 Å². The van der Waals surface area contributed by atoms with Crippen LogP contribution in [0.2, 0.25) is 0 Å². The molecule has 23 heavy (non-hydrogen) atoms. The molecule has 0 radical (unpaired) electrons. The summed E-state index contributed by atoms with van der Waals surface area (Å²) in [7, 11) is 1.59. The smallest absolute Gasteiger partial charge is 0.410 e. The fourth-order valence-electron chi connectivity index (χ4n) is 2.69. The summed E-state index contributed by atoms with van der Waals surface area (Å²) in [5, 5.41) is 0. The lowest BCUT2D eigenvalue weighted by Gasteiger charge is -2.35. The Hall–Kier alpha value is -2.04. The van der Waals surface area contributed by atoms with E-state index in [2.05, 4.69) is 0 Å². The number of nitrogens with zero attached hydrogens (tertiary/aromatic N) is 1. The maximum atomic E-state index is 12.8. The van der Waals surface area contributed by atoms with Crippen LogP contribution in [0.15, 0.2) is 24.3 Å². The predicted octanol–water partition coefficient (Wildman–Crippen LogP) is 3.67. The van der Waals surface area contributed by atoms with Gasteiger partial charge in [-0.1, -0.05) is 0 Å². The van der Waals surface area contributed by atoms with Crippen molar-refractivity contribution in [3.63, 3.8) is 0 Å². The normalized spacial score (nSPS) is 18.4. The highest BCUT2D eigenvalue weighted by Crippen LogP contribution is 2.24. The Bertz CT molecular complexity index is 559. The fraction of sp³-hybridized carbons (Fsp3) is 0.556. The molecule has 1 unspecified atom stereocenters. The molecule has 0 bridgehead atoms. The summed E-state index contributed by atoms with van der Waals surface area (Å²) in [6.45, 7) is 6.04. The Kier molecular flexibility index (Phi) is 5.29. The Balaban J connectivity index is 2.16. The van der Waals surface area contributed by atoms with E-state index in [4.69, 9.17) is 9.47 Å². The number of piperidine rings is 1. The van der Waals surface area contributed by atoms with E-state index in [1.807, 2.05) is 20.8 Å². The standard InChI is InChI=1S/C18H25NO4/c1-18(2,3)23-17(21)19-12-6-5-7-15(19)16(20)13-8-10-14(22-4)11-9-13/h8-11,15H,5-7,12H2,1-4H3. The fourth-order valence-corrected chi connectivity index (χ4v) is 2.69. The van der Waals surface area contributed by atoms with E-state index in [1.54, 1.807) is 36.3 Å². The van der Waals surface area contributed by atoms with Crippen LogP contribution in [0.5, 0.6) is 5.75 Å². The summed E-state index contributed by atoms with van der Waals surface area (Å²) in [6, 6.07) is 6.54. The number of benzene rings is 1. The van der Waals surface area contributed by atoms with Gasteiger partial charge in [0.05, 0.1) is 13.2 Å². The number of ether oxygens (including phenoxy) is 2. The number of hydrogen-bond acceptors (Lipinski definition) is 4. The molecule has 0 N–H and O–H groups in total. The molecule has 0 saturated carbocycles. The summed E-state index contributed by atoms with van der Waals surface area (Å²) >= 11 is 0. The van der Waals surface area contributed by atoms with E-state index in [9.17, 15) is 9.59 Å². The molecule has 0 aliphatic carbocycles. The number of rotatable bonds is 3. The first-order valence-corrected chi connectivity index (χ1v) is 8.00. The highest BCUT2D eigenvalue weighted by Gasteiger charge is 2.35. The third kappa shape index (κ3) is 4.47. The number of hydrogen-bond donors (Lipinski definition) is 0. The van der Waals surface area contributed by atoms with Crippen LogP contribution >= 0.6 is 0 Å². The molecule has 1 amide bonds. The zero-order chi connectivity index (χ0) is 17.0. The summed E-state index contributed by atoms with van der Waals surface area (Å²) in [5.41, 5.74) is 0.0219. The minimum absolute atomic E-state index is 0.0433. The van der Waals surface area contributed by atoms with Crippen molar-refractivity contribution < 1.29 is 19.1 Å². The van der Waals surface area contributed by atoms with E-state index in [-0.39, 0.29) is 5.78 Å². The number of carbonyl (C=O) groups is 2. The van der Waals surface area contributed by atoms with E-state index < -0.39 is 17.7 Å². The third-order valence-electron chi connectivity index (χ3n) is 3.81. The zero-order valence-corrected chi connectivity index (χ0v) is 14.3. The summed E-state index contributed by atoms with van der Waals surface area (Å²) in [5.74, 6) is 0.660. The van der Waals surface area contributed by atoms with Gasteiger partial charge in [-0.3, -0.25) is 9.69 Å². The van der Waals surface area contributed by atoms with Gasteiger partial charge in [-0.2, -0.15) is 0 Å². The van der Waals surface area contributed by atoms with Crippen LogP contribution < -0.4 is 4.74 Å². The monoisotopic (exact) mass is 319 g/mol.